The van der Waals surface area contributed by atoms with Gasteiger partial charge in [-0.1, -0.05) is 24.3 Å². The van der Waals surface area contributed by atoms with Crippen molar-refractivity contribution >= 4 is 11.9 Å². The van der Waals surface area contributed by atoms with Crippen molar-refractivity contribution in [3.8, 4) is 6.07 Å². The van der Waals surface area contributed by atoms with E-state index in [1.807, 2.05) is 6.07 Å². The molecule has 0 saturated heterocycles. The van der Waals surface area contributed by atoms with Crippen molar-refractivity contribution in [1.82, 2.24) is 0 Å². The Kier molecular flexibility index (Phi) is 4.89. The van der Waals surface area contributed by atoms with Gasteiger partial charge >= 0.3 is 11.9 Å². The van der Waals surface area contributed by atoms with Crippen molar-refractivity contribution in [1.29, 1.82) is 5.26 Å². The van der Waals surface area contributed by atoms with E-state index in [2.05, 4.69) is 4.74 Å². The molecule has 0 aliphatic carbocycles. The third-order valence-electron chi connectivity index (χ3n) is 3.01. The first-order valence-electron chi connectivity index (χ1n) is 6.49. The Morgan fingerprint density at radius 1 is 1.00 bits per heavy atom. The Balaban J connectivity index is 2.09. The summed E-state index contributed by atoms with van der Waals surface area (Å²) in [6.45, 7) is 0.0556. The molecule has 0 heterocycles. The summed E-state index contributed by atoms with van der Waals surface area (Å²) in [6, 6.07) is 15.0. The number of benzene rings is 2. The third kappa shape index (κ3) is 3.49. The van der Waals surface area contributed by atoms with E-state index in [0.717, 1.165) is 5.56 Å². The van der Waals surface area contributed by atoms with E-state index in [4.69, 9.17) is 10.00 Å². The molecular weight excluding hydrogens is 282 g/mol. The highest BCUT2D eigenvalue weighted by atomic mass is 16.5. The number of rotatable bonds is 4. The van der Waals surface area contributed by atoms with Crippen LogP contribution in [0.2, 0.25) is 0 Å². The molecule has 0 aromatic heterocycles. The van der Waals surface area contributed by atoms with E-state index in [0.29, 0.717) is 5.56 Å². The van der Waals surface area contributed by atoms with Gasteiger partial charge in [-0.25, -0.2) is 9.59 Å². The van der Waals surface area contributed by atoms with Crippen LogP contribution in [-0.4, -0.2) is 19.0 Å². The molecule has 0 spiro atoms. The van der Waals surface area contributed by atoms with Crippen LogP contribution in [0.4, 0.5) is 0 Å². The molecule has 0 atom stereocenters. The normalized spacial score (nSPS) is 9.64. The molecule has 5 heteroatoms. The number of carbonyl (C=O) groups excluding carboxylic acids is 2. The van der Waals surface area contributed by atoms with Crippen LogP contribution >= 0.6 is 0 Å². The predicted molar refractivity (Wildman–Crippen MR) is 78.1 cm³/mol. The minimum atomic E-state index is -0.606. The van der Waals surface area contributed by atoms with Crippen LogP contribution < -0.4 is 0 Å². The summed E-state index contributed by atoms with van der Waals surface area (Å²) in [6.07, 6.45) is 0. The van der Waals surface area contributed by atoms with Gasteiger partial charge in [0.1, 0.15) is 6.61 Å². The summed E-state index contributed by atoms with van der Waals surface area (Å²) < 4.78 is 9.83. The first kappa shape index (κ1) is 15.3. The largest absolute Gasteiger partial charge is 0.465 e. The van der Waals surface area contributed by atoms with Crippen LogP contribution in [0.25, 0.3) is 0 Å². The van der Waals surface area contributed by atoms with Gasteiger partial charge in [-0.2, -0.15) is 5.26 Å². The highest BCUT2D eigenvalue weighted by Gasteiger charge is 2.18. The maximum Gasteiger partial charge on any atom is 0.339 e. The van der Waals surface area contributed by atoms with E-state index in [1.54, 1.807) is 36.4 Å². The average molecular weight is 295 g/mol. The molecule has 110 valence electrons. The molecule has 22 heavy (non-hydrogen) atoms. The summed E-state index contributed by atoms with van der Waals surface area (Å²) >= 11 is 0. The highest BCUT2D eigenvalue weighted by molar-refractivity contribution is 6.03. The van der Waals surface area contributed by atoms with E-state index in [9.17, 15) is 9.59 Å². The van der Waals surface area contributed by atoms with Crippen molar-refractivity contribution in [2.24, 2.45) is 0 Å². The van der Waals surface area contributed by atoms with Gasteiger partial charge in [-0.05, 0) is 29.8 Å². The molecule has 2 aromatic rings. The molecule has 0 amide bonds. The lowest BCUT2D eigenvalue weighted by Crippen LogP contribution is -2.12. The van der Waals surface area contributed by atoms with Crippen LogP contribution in [0.1, 0.15) is 31.8 Å². The second kappa shape index (κ2) is 7.04. The standard InChI is InChI=1S/C17H13NO4/c1-21-16(19)14-4-2-3-5-15(14)17(20)22-11-13-8-6-12(10-18)7-9-13/h2-9H,11H2,1H3. The number of hydrogen-bond acceptors (Lipinski definition) is 5. The second-order valence-corrected chi connectivity index (χ2v) is 4.42. The minimum absolute atomic E-state index is 0.0556. The van der Waals surface area contributed by atoms with Crippen molar-refractivity contribution in [2.45, 2.75) is 6.61 Å². The van der Waals surface area contributed by atoms with Gasteiger partial charge in [-0.3, -0.25) is 0 Å². The Labute approximate surface area is 127 Å². The maximum absolute atomic E-state index is 12.1. The summed E-state index contributed by atoms with van der Waals surface area (Å²) in [5.41, 5.74) is 1.60. The van der Waals surface area contributed by atoms with Crippen molar-refractivity contribution < 1.29 is 19.1 Å². The number of ether oxygens (including phenoxy) is 2. The molecule has 0 radical (unpaired) electrons. The summed E-state index contributed by atoms with van der Waals surface area (Å²) in [5.74, 6) is -1.20. The van der Waals surface area contributed by atoms with Gasteiger partial charge in [-0.15, -0.1) is 0 Å². The Morgan fingerprint density at radius 3 is 2.14 bits per heavy atom. The van der Waals surface area contributed by atoms with Crippen molar-refractivity contribution in [2.75, 3.05) is 7.11 Å². The number of nitrogens with zero attached hydrogens (tertiary/aromatic N) is 1. The van der Waals surface area contributed by atoms with E-state index in [-0.39, 0.29) is 17.7 Å². The molecule has 2 aromatic carbocycles. The maximum atomic E-state index is 12.1. The van der Waals surface area contributed by atoms with Gasteiger partial charge in [0, 0.05) is 0 Å². The molecule has 0 N–H and O–H groups in total. The summed E-state index contributed by atoms with van der Waals surface area (Å²) in [7, 11) is 1.25. The fraction of sp³-hybridized carbons (Fsp3) is 0.118. The molecule has 0 saturated carbocycles. The summed E-state index contributed by atoms with van der Waals surface area (Å²) in [4.78, 5) is 23.7. The van der Waals surface area contributed by atoms with Crippen molar-refractivity contribution in [3.05, 3.63) is 70.8 Å². The Bertz CT molecular complexity index is 729. The van der Waals surface area contributed by atoms with Gasteiger partial charge in [0.2, 0.25) is 0 Å². The zero-order valence-corrected chi connectivity index (χ0v) is 11.9. The molecule has 5 nitrogen and oxygen atoms in total. The number of methoxy groups -OCH3 is 1. The molecule has 0 unspecified atom stereocenters. The average Bonchev–Trinajstić information content (AvgIpc) is 2.59. The van der Waals surface area contributed by atoms with Gasteiger partial charge in [0.05, 0.1) is 29.9 Å². The molecule has 0 aliphatic rings. The second-order valence-electron chi connectivity index (χ2n) is 4.42. The predicted octanol–water partition coefficient (Wildman–Crippen LogP) is 2.70. The van der Waals surface area contributed by atoms with Crippen LogP contribution in [0.5, 0.6) is 0 Å². The van der Waals surface area contributed by atoms with E-state index >= 15 is 0 Å². The molecule has 0 aliphatic heterocycles. The fourth-order valence-corrected chi connectivity index (χ4v) is 1.85. The van der Waals surface area contributed by atoms with Gasteiger partial charge < -0.3 is 9.47 Å². The van der Waals surface area contributed by atoms with Crippen LogP contribution in [0.3, 0.4) is 0 Å². The lowest BCUT2D eigenvalue weighted by Gasteiger charge is -2.08. The Hall–Kier alpha value is -3.13. The quantitative estimate of drug-likeness (QED) is 0.810. The molecule has 2 rings (SSSR count). The smallest absolute Gasteiger partial charge is 0.339 e. The number of carbonyl (C=O) groups is 2. The van der Waals surface area contributed by atoms with Crippen LogP contribution in [-0.2, 0) is 16.1 Å². The zero-order valence-electron chi connectivity index (χ0n) is 11.9. The number of esters is 2. The topological polar surface area (TPSA) is 76.4 Å². The summed E-state index contributed by atoms with van der Waals surface area (Å²) in [5, 5.41) is 8.72. The van der Waals surface area contributed by atoms with Crippen LogP contribution in [0, 0.1) is 11.3 Å². The van der Waals surface area contributed by atoms with Gasteiger partial charge in [0.25, 0.3) is 0 Å². The van der Waals surface area contributed by atoms with Crippen LogP contribution in [0.15, 0.2) is 48.5 Å². The molecule has 0 fully saturated rings. The highest BCUT2D eigenvalue weighted by Crippen LogP contribution is 2.13. The number of hydrogen-bond donors (Lipinski definition) is 0. The zero-order chi connectivity index (χ0) is 15.9. The lowest BCUT2D eigenvalue weighted by molar-refractivity contribution is 0.0457. The lowest BCUT2D eigenvalue weighted by atomic mass is 10.1. The van der Waals surface area contributed by atoms with E-state index < -0.39 is 11.9 Å². The Morgan fingerprint density at radius 2 is 1.59 bits per heavy atom. The van der Waals surface area contributed by atoms with E-state index in [1.165, 1.54) is 19.2 Å². The third-order valence-corrected chi connectivity index (χ3v) is 3.01. The fourth-order valence-electron chi connectivity index (χ4n) is 1.85. The minimum Gasteiger partial charge on any atom is -0.465 e. The first-order valence-corrected chi connectivity index (χ1v) is 6.49. The SMILES string of the molecule is COC(=O)c1ccccc1C(=O)OCc1ccc(C#N)cc1. The monoisotopic (exact) mass is 295 g/mol. The number of nitriles is 1. The molecular formula is C17H13NO4. The molecule has 0 bridgehead atoms. The van der Waals surface area contributed by atoms with Gasteiger partial charge in [0.15, 0.2) is 0 Å². The van der Waals surface area contributed by atoms with Crippen molar-refractivity contribution in [3.63, 3.8) is 0 Å². The first-order chi connectivity index (χ1) is 10.7.